The van der Waals surface area contributed by atoms with Crippen molar-refractivity contribution in [3.63, 3.8) is 0 Å². The summed E-state index contributed by atoms with van der Waals surface area (Å²) >= 11 is 0. The van der Waals surface area contributed by atoms with E-state index in [0.717, 1.165) is 30.1 Å². The largest absolute Gasteiger partial charge is 0.494 e. The van der Waals surface area contributed by atoms with E-state index in [-0.39, 0.29) is 11.3 Å². The molecule has 1 saturated carbocycles. The monoisotopic (exact) mass is 484 g/mol. The first-order chi connectivity index (χ1) is 17.1. The zero-order valence-electron chi connectivity index (χ0n) is 21.4. The molecule has 0 radical (unpaired) electrons. The summed E-state index contributed by atoms with van der Waals surface area (Å²) in [6.07, 6.45) is 16.2. The minimum absolute atomic E-state index is 0.0869. The van der Waals surface area contributed by atoms with Crippen LogP contribution in [0.3, 0.4) is 0 Å². The first-order valence-corrected chi connectivity index (χ1v) is 13.4. The van der Waals surface area contributed by atoms with Crippen molar-refractivity contribution < 1.29 is 23.4 Å². The van der Waals surface area contributed by atoms with Gasteiger partial charge in [-0.1, -0.05) is 71.1 Å². The molecule has 5 heteroatoms. The summed E-state index contributed by atoms with van der Waals surface area (Å²) in [5, 5.41) is 0. The molecule has 1 aliphatic carbocycles. The molecule has 0 amide bonds. The summed E-state index contributed by atoms with van der Waals surface area (Å²) in [5.41, 5.74) is 0.129. The standard InChI is InChI=1S/C30H41FO4/c1-3-4-5-6-7-9-23-11-13-24(14-12-23)10-8-21-34-26-16-18-27(19-17-26)35-30(32)25-15-20-29(33-2)28(31)22-25/h15-20,22-24H,3-14,21H2,1-2H3. The van der Waals surface area contributed by atoms with Crippen LogP contribution >= 0.6 is 0 Å². The molecule has 0 bridgehead atoms. The van der Waals surface area contributed by atoms with Crippen LogP contribution in [0.25, 0.3) is 0 Å². The van der Waals surface area contributed by atoms with Gasteiger partial charge in [-0.3, -0.25) is 0 Å². The van der Waals surface area contributed by atoms with Gasteiger partial charge in [0.05, 0.1) is 19.3 Å². The van der Waals surface area contributed by atoms with Crippen LogP contribution in [-0.4, -0.2) is 19.7 Å². The fourth-order valence-corrected chi connectivity index (χ4v) is 4.97. The van der Waals surface area contributed by atoms with Crippen LogP contribution in [0.15, 0.2) is 42.5 Å². The van der Waals surface area contributed by atoms with Crippen molar-refractivity contribution >= 4 is 5.97 Å². The third-order valence-electron chi connectivity index (χ3n) is 7.13. The highest BCUT2D eigenvalue weighted by Gasteiger charge is 2.20. The first-order valence-electron chi connectivity index (χ1n) is 13.4. The van der Waals surface area contributed by atoms with Crippen LogP contribution in [0.4, 0.5) is 4.39 Å². The Labute approximate surface area is 210 Å². The van der Waals surface area contributed by atoms with Crippen molar-refractivity contribution in [2.24, 2.45) is 11.8 Å². The minimum atomic E-state index is -0.619. The van der Waals surface area contributed by atoms with Gasteiger partial charge < -0.3 is 14.2 Å². The quantitative estimate of drug-likeness (QED) is 0.153. The lowest BCUT2D eigenvalue weighted by atomic mass is 9.78. The van der Waals surface area contributed by atoms with E-state index in [1.807, 2.05) is 0 Å². The molecule has 3 rings (SSSR count). The maximum absolute atomic E-state index is 13.8. The van der Waals surface area contributed by atoms with E-state index < -0.39 is 11.8 Å². The van der Waals surface area contributed by atoms with Gasteiger partial charge in [0.2, 0.25) is 0 Å². The van der Waals surface area contributed by atoms with E-state index in [2.05, 4.69) is 6.92 Å². The molecule has 2 aromatic carbocycles. The normalized spacial score (nSPS) is 17.7. The van der Waals surface area contributed by atoms with Crippen LogP contribution in [0, 0.1) is 17.7 Å². The van der Waals surface area contributed by atoms with Gasteiger partial charge in [-0.2, -0.15) is 0 Å². The maximum atomic E-state index is 13.8. The van der Waals surface area contributed by atoms with Gasteiger partial charge in [0.1, 0.15) is 11.5 Å². The molecule has 2 aromatic rings. The van der Waals surface area contributed by atoms with E-state index in [0.29, 0.717) is 12.4 Å². The first kappa shape index (κ1) is 27.0. The lowest BCUT2D eigenvalue weighted by molar-refractivity contribution is 0.0734. The van der Waals surface area contributed by atoms with Gasteiger partial charge in [0.25, 0.3) is 0 Å². The number of unbranched alkanes of at least 4 members (excludes halogenated alkanes) is 4. The average Bonchev–Trinajstić information content (AvgIpc) is 2.88. The molecule has 0 saturated heterocycles. The Balaban J connectivity index is 1.30. The predicted molar refractivity (Wildman–Crippen MR) is 138 cm³/mol. The molecule has 192 valence electrons. The highest BCUT2D eigenvalue weighted by atomic mass is 19.1. The Morgan fingerprint density at radius 1 is 0.857 bits per heavy atom. The highest BCUT2D eigenvalue weighted by Crippen LogP contribution is 2.34. The molecule has 0 aromatic heterocycles. The Morgan fingerprint density at radius 3 is 2.11 bits per heavy atom. The summed E-state index contributed by atoms with van der Waals surface area (Å²) in [6.45, 7) is 2.97. The Bertz CT molecular complexity index is 888. The number of hydrogen-bond donors (Lipinski definition) is 0. The van der Waals surface area contributed by atoms with Crippen molar-refractivity contribution in [1.82, 2.24) is 0 Å². The molecule has 0 unspecified atom stereocenters. The van der Waals surface area contributed by atoms with E-state index >= 15 is 0 Å². The number of carbonyl (C=O) groups excluding carboxylic acids is 1. The smallest absolute Gasteiger partial charge is 0.343 e. The second kappa shape index (κ2) is 14.8. The summed E-state index contributed by atoms with van der Waals surface area (Å²) in [5.74, 6) is 1.82. The fraction of sp³-hybridized carbons (Fsp3) is 0.567. The van der Waals surface area contributed by atoms with Crippen LogP contribution < -0.4 is 14.2 Å². The second-order valence-electron chi connectivity index (χ2n) is 9.79. The number of halogens is 1. The predicted octanol–water partition coefficient (Wildman–Crippen LogP) is 8.38. The third-order valence-corrected chi connectivity index (χ3v) is 7.13. The molecular formula is C30H41FO4. The van der Waals surface area contributed by atoms with Crippen LogP contribution in [-0.2, 0) is 0 Å². The van der Waals surface area contributed by atoms with E-state index in [1.165, 1.54) is 89.9 Å². The number of benzene rings is 2. The molecule has 35 heavy (non-hydrogen) atoms. The fourth-order valence-electron chi connectivity index (χ4n) is 4.97. The SMILES string of the molecule is CCCCCCCC1CCC(CCCOc2ccc(OC(=O)c3ccc(OC)c(F)c3)cc2)CC1. The molecule has 0 heterocycles. The minimum Gasteiger partial charge on any atom is -0.494 e. The Kier molecular flexibility index (Phi) is 11.4. The van der Waals surface area contributed by atoms with Gasteiger partial charge >= 0.3 is 5.97 Å². The topological polar surface area (TPSA) is 44.8 Å². The number of hydrogen-bond acceptors (Lipinski definition) is 4. The van der Waals surface area contributed by atoms with Gasteiger partial charge in [-0.15, -0.1) is 0 Å². The van der Waals surface area contributed by atoms with Crippen LogP contribution in [0.5, 0.6) is 17.2 Å². The number of rotatable bonds is 14. The van der Waals surface area contributed by atoms with E-state index in [9.17, 15) is 9.18 Å². The Morgan fingerprint density at radius 2 is 1.49 bits per heavy atom. The van der Waals surface area contributed by atoms with Gasteiger partial charge in [0, 0.05) is 0 Å². The van der Waals surface area contributed by atoms with Crippen molar-refractivity contribution in [3.8, 4) is 17.2 Å². The molecule has 4 nitrogen and oxygen atoms in total. The molecule has 1 aliphatic rings. The highest BCUT2D eigenvalue weighted by molar-refractivity contribution is 5.91. The van der Waals surface area contributed by atoms with E-state index in [4.69, 9.17) is 14.2 Å². The lowest BCUT2D eigenvalue weighted by Gasteiger charge is -2.28. The zero-order valence-corrected chi connectivity index (χ0v) is 21.4. The molecule has 0 spiro atoms. The van der Waals surface area contributed by atoms with Gasteiger partial charge in [0.15, 0.2) is 11.6 Å². The molecule has 0 N–H and O–H groups in total. The molecule has 1 fully saturated rings. The number of esters is 1. The Hall–Kier alpha value is -2.56. The second-order valence-corrected chi connectivity index (χ2v) is 9.79. The number of carbonyl (C=O) groups is 1. The number of ether oxygens (including phenoxy) is 3. The summed E-state index contributed by atoms with van der Waals surface area (Å²) in [4.78, 5) is 12.3. The van der Waals surface area contributed by atoms with Crippen molar-refractivity contribution in [1.29, 1.82) is 0 Å². The third kappa shape index (κ3) is 9.19. The molecule has 0 aliphatic heterocycles. The summed E-state index contributed by atoms with van der Waals surface area (Å²) in [7, 11) is 1.38. The lowest BCUT2D eigenvalue weighted by Crippen LogP contribution is -2.15. The number of methoxy groups -OCH3 is 1. The van der Waals surface area contributed by atoms with Crippen molar-refractivity contribution in [2.45, 2.75) is 84.0 Å². The maximum Gasteiger partial charge on any atom is 0.343 e. The van der Waals surface area contributed by atoms with E-state index in [1.54, 1.807) is 24.3 Å². The van der Waals surface area contributed by atoms with Crippen LogP contribution in [0.2, 0.25) is 0 Å². The molecular weight excluding hydrogens is 443 g/mol. The molecule has 0 atom stereocenters. The van der Waals surface area contributed by atoms with Crippen LogP contribution in [0.1, 0.15) is 94.3 Å². The zero-order chi connectivity index (χ0) is 24.9. The van der Waals surface area contributed by atoms with Gasteiger partial charge in [-0.05, 0) is 67.1 Å². The summed E-state index contributed by atoms with van der Waals surface area (Å²) < 4.78 is 29.9. The summed E-state index contributed by atoms with van der Waals surface area (Å²) in [6, 6.07) is 11.0. The van der Waals surface area contributed by atoms with Gasteiger partial charge in [-0.25, -0.2) is 9.18 Å². The average molecular weight is 485 g/mol. The van der Waals surface area contributed by atoms with Crippen molar-refractivity contribution in [2.75, 3.05) is 13.7 Å². The van der Waals surface area contributed by atoms with Crippen molar-refractivity contribution in [3.05, 3.63) is 53.8 Å².